The molecule has 0 spiro atoms. The van der Waals surface area contributed by atoms with Gasteiger partial charge in [0.25, 0.3) is 5.91 Å². The normalized spacial score (nSPS) is 29.1. The summed E-state index contributed by atoms with van der Waals surface area (Å²) >= 11 is 0. The summed E-state index contributed by atoms with van der Waals surface area (Å²) in [5, 5.41) is 11.6. The Bertz CT molecular complexity index is 730. The fourth-order valence-corrected chi connectivity index (χ4v) is 4.77. The van der Waals surface area contributed by atoms with E-state index < -0.39 is 5.60 Å². The predicted molar refractivity (Wildman–Crippen MR) is 98.2 cm³/mol. The van der Waals surface area contributed by atoms with Gasteiger partial charge in [-0.3, -0.25) is 4.79 Å². The lowest BCUT2D eigenvalue weighted by Gasteiger charge is -2.52. The highest BCUT2D eigenvalue weighted by Gasteiger charge is 2.50. The summed E-state index contributed by atoms with van der Waals surface area (Å²) in [6.45, 7) is 0.611. The zero-order valence-corrected chi connectivity index (χ0v) is 14.5. The van der Waals surface area contributed by atoms with Crippen LogP contribution < -0.4 is 0 Å². The summed E-state index contributed by atoms with van der Waals surface area (Å²) in [4.78, 5) is 15.1. The molecule has 2 aliphatic rings. The number of carbonyl (C=O) groups excluding carboxylic acids is 1. The molecular weight excluding hydrogens is 310 g/mol. The molecule has 0 bridgehead atoms. The molecule has 25 heavy (non-hydrogen) atoms. The molecule has 0 aromatic heterocycles. The molecule has 1 amide bonds. The number of aliphatic hydroxyl groups is 1. The third-order valence-corrected chi connectivity index (χ3v) is 6.03. The smallest absolute Gasteiger partial charge is 0.254 e. The van der Waals surface area contributed by atoms with Crippen molar-refractivity contribution in [3.05, 3.63) is 71.8 Å². The molecule has 0 unspecified atom stereocenters. The summed E-state index contributed by atoms with van der Waals surface area (Å²) in [5.41, 5.74) is 0.926. The van der Waals surface area contributed by atoms with Gasteiger partial charge >= 0.3 is 0 Å². The van der Waals surface area contributed by atoms with Gasteiger partial charge in [0.15, 0.2) is 0 Å². The van der Waals surface area contributed by atoms with Crippen LogP contribution in [-0.4, -0.2) is 28.5 Å². The quantitative estimate of drug-likeness (QED) is 0.902. The first-order chi connectivity index (χ1) is 12.2. The number of hydrogen-bond acceptors (Lipinski definition) is 2. The molecule has 2 aromatic rings. The highest BCUT2D eigenvalue weighted by molar-refractivity contribution is 5.94. The summed E-state index contributed by atoms with van der Waals surface area (Å²) in [5.74, 6) is 0.220. The molecule has 3 heteroatoms. The standard InChI is InChI=1S/C22H25NO2/c24-21(17-9-3-1-4-10-17)23-16-15-22(25,18-11-5-2-6-12-18)19-13-7-8-14-20(19)23/h1-6,9-12,19-20,25H,7-8,13-16H2/t19-,20+,22-/m1/s1. The lowest BCUT2D eigenvalue weighted by Crippen LogP contribution is -2.58. The zero-order valence-electron chi connectivity index (χ0n) is 14.5. The Balaban J connectivity index is 1.66. The molecule has 3 nitrogen and oxygen atoms in total. The second-order valence-electron chi connectivity index (χ2n) is 7.36. The Morgan fingerprint density at radius 2 is 1.60 bits per heavy atom. The Kier molecular flexibility index (Phi) is 4.34. The van der Waals surface area contributed by atoms with Crippen LogP contribution in [0.15, 0.2) is 60.7 Å². The number of nitrogens with zero attached hydrogens (tertiary/aromatic N) is 1. The molecule has 4 rings (SSSR count). The average Bonchev–Trinajstić information content (AvgIpc) is 2.69. The molecule has 1 saturated heterocycles. The molecular formula is C22H25NO2. The van der Waals surface area contributed by atoms with E-state index >= 15 is 0 Å². The largest absolute Gasteiger partial charge is 0.385 e. The van der Waals surface area contributed by atoms with Gasteiger partial charge in [-0.2, -0.15) is 0 Å². The van der Waals surface area contributed by atoms with Gasteiger partial charge in [0.05, 0.1) is 5.60 Å². The van der Waals surface area contributed by atoms with Gasteiger partial charge in [0.2, 0.25) is 0 Å². The van der Waals surface area contributed by atoms with Gasteiger partial charge in [0.1, 0.15) is 0 Å². The molecule has 1 heterocycles. The Hall–Kier alpha value is -2.13. The third kappa shape index (κ3) is 2.87. The van der Waals surface area contributed by atoms with Crippen molar-refractivity contribution >= 4 is 5.91 Å². The van der Waals surface area contributed by atoms with Gasteiger partial charge < -0.3 is 10.0 Å². The lowest BCUT2D eigenvalue weighted by molar-refractivity contribution is -0.110. The summed E-state index contributed by atoms with van der Waals surface area (Å²) in [7, 11) is 0. The maximum Gasteiger partial charge on any atom is 0.254 e. The van der Waals surface area contributed by atoms with Crippen LogP contribution >= 0.6 is 0 Å². The number of amides is 1. The molecule has 1 aliphatic heterocycles. The van der Waals surface area contributed by atoms with Crippen LogP contribution in [0.25, 0.3) is 0 Å². The van der Waals surface area contributed by atoms with Gasteiger partial charge in [-0.05, 0) is 37.0 Å². The average molecular weight is 335 g/mol. The number of likely N-dealkylation sites (tertiary alicyclic amines) is 1. The van der Waals surface area contributed by atoms with Gasteiger partial charge in [-0.15, -0.1) is 0 Å². The molecule has 1 saturated carbocycles. The topological polar surface area (TPSA) is 40.5 Å². The number of hydrogen-bond donors (Lipinski definition) is 1. The molecule has 0 radical (unpaired) electrons. The number of piperidine rings is 1. The Morgan fingerprint density at radius 1 is 0.960 bits per heavy atom. The number of benzene rings is 2. The summed E-state index contributed by atoms with van der Waals surface area (Å²) < 4.78 is 0. The minimum atomic E-state index is -0.820. The van der Waals surface area contributed by atoms with E-state index in [0.717, 1.165) is 36.8 Å². The minimum Gasteiger partial charge on any atom is -0.385 e. The van der Waals surface area contributed by atoms with E-state index in [1.807, 2.05) is 65.6 Å². The van der Waals surface area contributed by atoms with Crippen molar-refractivity contribution in [1.29, 1.82) is 0 Å². The molecule has 3 atom stereocenters. The first kappa shape index (κ1) is 16.3. The van der Waals surface area contributed by atoms with Crippen LogP contribution in [0.5, 0.6) is 0 Å². The van der Waals surface area contributed by atoms with E-state index in [4.69, 9.17) is 0 Å². The highest BCUT2D eigenvalue weighted by atomic mass is 16.3. The molecule has 2 fully saturated rings. The van der Waals surface area contributed by atoms with Crippen molar-refractivity contribution in [2.24, 2.45) is 5.92 Å². The van der Waals surface area contributed by atoms with Crippen molar-refractivity contribution in [1.82, 2.24) is 4.90 Å². The van der Waals surface area contributed by atoms with Gasteiger partial charge in [-0.25, -0.2) is 0 Å². The van der Waals surface area contributed by atoms with Crippen LogP contribution in [0, 0.1) is 5.92 Å². The van der Waals surface area contributed by atoms with Crippen molar-refractivity contribution in [2.45, 2.75) is 43.7 Å². The van der Waals surface area contributed by atoms with Crippen LogP contribution in [0.1, 0.15) is 48.0 Å². The Morgan fingerprint density at radius 3 is 2.32 bits per heavy atom. The fourth-order valence-electron chi connectivity index (χ4n) is 4.77. The maximum atomic E-state index is 13.0. The van der Waals surface area contributed by atoms with E-state index in [-0.39, 0.29) is 17.9 Å². The maximum absolute atomic E-state index is 13.0. The van der Waals surface area contributed by atoms with Gasteiger partial charge in [-0.1, -0.05) is 61.4 Å². The third-order valence-electron chi connectivity index (χ3n) is 6.03. The monoisotopic (exact) mass is 335 g/mol. The summed E-state index contributed by atoms with van der Waals surface area (Å²) in [6, 6.07) is 19.7. The van der Waals surface area contributed by atoms with Crippen molar-refractivity contribution < 1.29 is 9.90 Å². The molecule has 2 aromatic carbocycles. The minimum absolute atomic E-state index is 0.104. The van der Waals surface area contributed by atoms with E-state index in [0.29, 0.717) is 13.0 Å². The van der Waals surface area contributed by atoms with Crippen LogP contribution in [0.4, 0.5) is 0 Å². The number of carbonyl (C=O) groups is 1. The first-order valence-corrected chi connectivity index (χ1v) is 9.34. The van der Waals surface area contributed by atoms with E-state index in [9.17, 15) is 9.90 Å². The molecule has 130 valence electrons. The summed E-state index contributed by atoms with van der Waals surface area (Å²) in [6.07, 6.45) is 4.83. The van der Waals surface area contributed by atoms with Gasteiger partial charge in [0, 0.05) is 24.1 Å². The SMILES string of the molecule is O=C(c1ccccc1)N1CC[C@@](O)(c2ccccc2)[C@@H]2CCCC[C@@H]21. The molecule has 1 aliphatic carbocycles. The second-order valence-corrected chi connectivity index (χ2v) is 7.36. The highest BCUT2D eigenvalue weighted by Crippen LogP contribution is 2.47. The first-order valence-electron chi connectivity index (χ1n) is 9.34. The predicted octanol–water partition coefficient (Wildman–Crippen LogP) is 3.98. The van der Waals surface area contributed by atoms with E-state index in [2.05, 4.69) is 0 Å². The fraction of sp³-hybridized carbons (Fsp3) is 0.409. The number of fused-ring (bicyclic) bond motifs is 1. The van der Waals surface area contributed by atoms with E-state index in [1.54, 1.807) is 0 Å². The molecule has 1 N–H and O–H groups in total. The Labute approximate surface area is 149 Å². The van der Waals surface area contributed by atoms with E-state index in [1.165, 1.54) is 0 Å². The lowest BCUT2D eigenvalue weighted by atomic mass is 9.66. The number of rotatable bonds is 2. The second kappa shape index (κ2) is 6.64. The van der Waals surface area contributed by atoms with Crippen molar-refractivity contribution in [3.8, 4) is 0 Å². The van der Waals surface area contributed by atoms with Crippen molar-refractivity contribution in [3.63, 3.8) is 0 Å². The van der Waals surface area contributed by atoms with Crippen LogP contribution in [0.3, 0.4) is 0 Å². The van der Waals surface area contributed by atoms with Crippen LogP contribution in [0.2, 0.25) is 0 Å². The van der Waals surface area contributed by atoms with Crippen molar-refractivity contribution in [2.75, 3.05) is 6.54 Å². The zero-order chi connectivity index (χ0) is 17.3. The van der Waals surface area contributed by atoms with Crippen LogP contribution in [-0.2, 0) is 5.60 Å².